The van der Waals surface area contributed by atoms with E-state index in [-0.39, 0.29) is 17.1 Å². The van der Waals surface area contributed by atoms with E-state index in [4.69, 9.17) is 11.6 Å². The smallest absolute Gasteiger partial charge is 0.253 e. The van der Waals surface area contributed by atoms with Crippen molar-refractivity contribution in [2.75, 3.05) is 0 Å². The van der Waals surface area contributed by atoms with E-state index in [0.29, 0.717) is 5.82 Å². The molecule has 0 saturated heterocycles. The molecule has 0 radical (unpaired) electrons. The summed E-state index contributed by atoms with van der Waals surface area (Å²) in [5.41, 5.74) is 1.82. The van der Waals surface area contributed by atoms with Gasteiger partial charge in [-0.15, -0.1) is 0 Å². The summed E-state index contributed by atoms with van der Waals surface area (Å²) in [5, 5.41) is 2.48. The van der Waals surface area contributed by atoms with E-state index in [9.17, 15) is 9.18 Å². The van der Waals surface area contributed by atoms with Crippen LogP contribution in [0.3, 0.4) is 0 Å². The fraction of sp³-hybridized carbons (Fsp3) is 0.0667. The molecule has 1 aromatic heterocycles. The molecule has 2 aromatic carbocycles. The van der Waals surface area contributed by atoms with Crippen LogP contribution in [0.4, 0.5) is 4.39 Å². The fourth-order valence-corrected chi connectivity index (χ4v) is 2.24. The molecule has 1 amide bonds. The minimum atomic E-state index is -0.618. The Morgan fingerprint density at radius 2 is 2.05 bits per heavy atom. The lowest BCUT2D eigenvalue weighted by atomic mass is 10.2. The van der Waals surface area contributed by atoms with Crippen molar-refractivity contribution in [3.05, 3.63) is 64.7 Å². The van der Waals surface area contributed by atoms with Crippen LogP contribution in [0.5, 0.6) is 0 Å². The van der Waals surface area contributed by atoms with Crippen molar-refractivity contribution >= 4 is 28.5 Å². The maximum Gasteiger partial charge on any atom is 0.253 e. The van der Waals surface area contributed by atoms with Crippen molar-refractivity contribution in [2.45, 2.75) is 6.54 Å². The number of nitrogens with one attached hydrogen (secondary N) is 2. The van der Waals surface area contributed by atoms with Gasteiger partial charge in [-0.1, -0.05) is 29.8 Å². The molecule has 4 nitrogen and oxygen atoms in total. The lowest BCUT2D eigenvalue weighted by Crippen LogP contribution is -2.23. The van der Waals surface area contributed by atoms with Gasteiger partial charge in [0.1, 0.15) is 11.6 Å². The molecule has 106 valence electrons. The Balaban J connectivity index is 1.75. The normalized spacial score (nSPS) is 10.8. The van der Waals surface area contributed by atoms with Gasteiger partial charge in [-0.2, -0.15) is 0 Å². The molecule has 0 aliphatic heterocycles. The van der Waals surface area contributed by atoms with E-state index >= 15 is 0 Å². The summed E-state index contributed by atoms with van der Waals surface area (Å²) in [4.78, 5) is 19.4. The molecule has 0 saturated carbocycles. The molecule has 2 N–H and O–H groups in total. The predicted molar refractivity (Wildman–Crippen MR) is 78.7 cm³/mol. The van der Waals surface area contributed by atoms with Gasteiger partial charge in [0, 0.05) is 0 Å². The first-order valence-corrected chi connectivity index (χ1v) is 6.69. The minimum Gasteiger partial charge on any atom is -0.345 e. The number of imidazole rings is 1. The number of halogens is 2. The highest BCUT2D eigenvalue weighted by molar-refractivity contribution is 6.34. The third-order valence-electron chi connectivity index (χ3n) is 3.05. The molecule has 3 rings (SSSR count). The Labute approximate surface area is 125 Å². The van der Waals surface area contributed by atoms with Crippen LogP contribution in [0.15, 0.2) is 42.5 Å². The number of para-hydroxylation sites is 2. The molecule has 0 aliphatic carbocycles. The lowest BCUT2D eigenvalue weighted by Gasteiger charge is -2.05. The van der Waals surface area contributed by atoms with E-state index in [1.165, 1.54) is 18.2 Å². The summed E-state index contributed by atoms with van der Waals surface area (Å²) in [7, 11) is 0. The number of carbonyl (C=O) groups excluding carboxylic acids is 1. The Hall–Kier alpha value is -2.40. The zero-order chi connectivity index (χ0) is 14.8. The van der Waals surface area contributed by atoms with Crippen LogP contribution in [0.25, 0.3) is 11.0 Å². The fourth-order valence-electron chi connectivity index (χ4n) is 2.03. The number of fused-ring (bicyclic) bond motifs is 1. The zero-order valence-corrected chi connectivity index (χ0v) is 11.6. The summed E-state index contributed by atoms with van der Waals surface area (Å²) in [6, 6.07) is 11.7. The molecule has 21 heavy (non-hydrogen) atoms. The first kappa shape index (κ1) is 13.6. The van der Waals surface area contributed by atoms with Crippen LogP contribution in [0, 0.1) is 5.82 Å². The van der Waals surface area contributed by atoms with Crippen molar-refractivity contribution in [1.29, 1.82) is 0 Å². The third-order valence-corrected chi connectivity index (χ3v) is 3.44. The molecule has 1 heterocycles. The maximum atomic E-state index is 13.3. The van der Waals surface area contributed by atoms with E-state index in [1.807, 2.05) is 24.3 Å². The largest absolute Gasteiger partial charge is 0.345 e. The van der Waals surface area contributed by atoms with Gasteiger partial charge in [0.2, 0.25) is 0 Å². The van der Waals surface area contributed by atoms with Crippen LogP contribution in [-0.4, -0.2) is 15.9 Å². The second-order valence-corrected chi connectivity index (χ2v) is 4.86. The first-order chi connectivity index (χ1) is 10.1. The second kappa shape index (κ2) is 5.54. The summed E-state index contributed by atoms with van der Waals surface area (Å²) < 4.78 is 13.3. The Bertz CT molecular complexity index is 783. The maximum absolute atomic E-state index is 13.3. The predicted octanol–water partition coefficient (Wildman–Crippen LogP) is 3.29. The molecule has 0 unspecified atom stereocenters. The van der Waals surface area contributed by atoms with Gasteiger partial charge >= 0.3 is 0 Å². The molecule has 3 aromatic rings. The number of hydrogen-bond donors (Lipinski definition) is 2. The molecule has 0 spiro atoms. The number of carbonyl (C=O) groups is 1. The van der Waals surface area contributed by atoms with E-state index in [1.54, 1.807) is 0 Å². The number of benzene rings is 2. The molecule has 0 atom stereocenters. The number of aromatic nitrogens is 2. The second-order valence-electron chi connectivity index (χ2n) is 4.48. The number of aromatic amines is 1. The highest BCUT2D eigenvalue weighted by Crippen LogP contribution is 2.19. The van der Waals surface area contributed by atoms with Crippen molar-refractivity contribution in [1.82, 2.24) is 15.3 Å². The van der Waals surface area contributed by atoms with Gasteiger partial charge in [-0.05, 0) is 24.3 Å². The van der Waals surface area contributed by atoms with Crippen LogP contribution >= 0.6 is 11.6 Å². The number of hydrogen-bond acceptors (Lipinski definition) is 2. The minimum absolute atomic E-state index is 0.104. The quantitative estimate of drug-likeness (QED) is 0.780. The highest BCUT2D eigenvalue weighted by atomic mass is 35.5. The molecule has 0 fully saturated rings. The zero-order valence-electron chi connectivity index (χ0n) is 10.9. The monoisotopic (exact) mass is 303 g/mol. The summed E-state index contributed by atoms with van der Waals surface area (Å²) >= 11 is 5.77. The lowest BCUT2D eigenvalue weighted by molar-refractivity contribution is 0.0949. The molecule has 0 bridgehead atoms. The van der Waals surface area contributed by atoms with Crippen LogP contribution in [0.1, 0.15) is 16.2 Å². The Morgan fingerprint density at radius 3 is 2.86 bits per heavy atom. The molecular formula is C15H11ClFN3O. The number of rotatable bonds is 3. The van der Waals surface area contributed by atoms with Crippen molar-refractivity contribution in [2.24, 2.45) is 0 Å². The van der Waals surface area contributed by atoms with Crippen LogP contribution < -0.4 is 5.32 Å². The van der Waals surface area contributed by atoms with E-state index < -0.39 is 11.7 Å². The standard InChI is InChI=1S/C15H11ClFN3O/c16-14-9(4-3-5-10(14)17)15(21)18-8-13-19-11-6-1-2-7-12(11)20-13/h1-7H,8H2,(H,18,21)(H,19,20). The average molecular weight is 304 g/mol. The topological polar surface area (TPSA) is 57.8 Å². The van der Waals surface area contributed by atoms with Crippen LogP contribution in [0.2, 0.25) is 5.02 Å². The number of amides is 1. The number of H-pyrrole nitrogens is 1. The average Bonchev–Trinajstić information content (AvgIpc) is 2.90. The Kier molecular flexibility index (Phi) is 3.58. The van der Waals surface area contributed by atoms with Crippen LogP contribution in [-0.2, 0) is 6.54 Å². The first-order valence-electron chi connectivity index (χ1n) is 6.31. The van der Waals surface area contributed by atoms with E-state index in [0.717, 1.165) is 11.0 Å². The van der Waals surface area contributed by atoms with Gasteiger partial charge in [0.15, 0.2) is 0 Å². The SMILES string of the molecule is O=C(NCc1nc2ccccc2[nH]1)c1cccc(F)c1Cl. The van der Waals surface area contributed by atoms with Gasteiger partial charge in [0.25, 0.3) is 5.91 Å². The van der Waals surface area contributed by atoms with Crippen molar-refractivity contribution in [3.63, 3.8) is 0 Å². The van der Waals surface area contributed by atoms with Crippen molar-refractivity contribution < 1.29 is 9.18 Å². The van der Waals surface area contributed by atoms with Gasteiger partial charge in [-0.25, -0.2) is 9.37 Å². The third kappa shape index (κ3) is 2.73. The summed E-state index contributed by atoms with van der Waals surface area (Å²) in [6.07, 6.45) is 0. The summed E-state index contributed by atoms with van der Waals surface area (Å²) in [6.45, 7) is 0.209. The molecule has 0 aliphatic rings. The summed E-state index contributed by atoms with van der Waals surface area (Å²) in [5.74, 6) is -0.440. The number of nitrogens with zero attached hydrogens (tertiary/aromatic N) is 1. The molecule has 6 heteroatoms. The van der Waals surface area contributed by atoms with Gasteiger partial charge < -0.3 is 10.3 Å². The van der Waals surface area contributed by atoms with Gasteiger partial charge in [-0.3, -0.25) is 4.79 Å². The van der Waals surface area contributed by atoms with Crippen molar-refractivity contribution in [3.8, 4) is 0 Å². The van der Waals surface area contributed by atoms with Gasteiger partial charge in [0.05, 0.1) is 28.2 Å². The Morgan fingerprint density at radius 1 is 1.24 bits per heavy atom. The van der Waals surface area contributed by atoms with E-state index in [2.05, 4.69) is 15.3 Å². The highest BCUT2D eigenvalue weighted by Gasteiger charge is 2.13. The molecular weight excluding hydrogens is 293 g/mol.